The Bertz CT molecular complexity index is 732. The smallest absolute Gasteiger partial charge is 0.262 e. The van der Waals surface area contributed by atoms with Gasteiger partial charge in [0.05, 0.1) is 17.7 Å². The van der Waals surface area contributed by atoms with Crippen LogP contribution in [-0.4, -0.2) is 15.5 Å². The fourth-order valence-electron chi connectivity index (χ4n) is 1.61. The van der Waals surface area contributed by atoms with Crippen molar-refractivity contribution in [3.63, 3.8) is 0 Å². The first-order valence-electron chi connectivity index (χ1n) is 5.65. The molecule has 2 aromatic carbocycles. The SMILES string of the molecule is COc1ccccc1NS(=O)(=O)c1ccc(N)c(Br)c1. The number of methoxy groups -OCH3 is 1. The zero-order chi connectivity index (χ0) is 14.8. The van der Waals surface area contributed by atoms with Gasteiger partial charge in [0.25, 0.3) is 10.0 Å². The van der Waals surface area contributed by atoms with Crippen LogP contribution < -0.4 is 15.2 Å². The molecular weight excluding hydrogens is 344 g/mol. The molecule has 0 saturated carbocycles. The summed E-state index contributed by atoms with van der Waals surface area (Å²) in [6.07, 6.45) is 0. The lowest BCUT2D eigenvalue weighted by molar-refractivity contribution is 0.417. The van der Waals surface area contributed by atoms with E-state index in [1.54, 1.807) is 24.3 Å². The van der Waals surface area contributed by atoms with Gasteiger partial charge in [-0.1, -0.05) is 12.1 Å². The van der Waals surface area contributed by atoms with Gasteiger partial charge in [0.1, 0.15) is 5.75 Å². The predicted octanol–water partition coefficient (Wildman–Crippen LogP) is 2.84. The van der Waals surface area contributed by atoms with Crippen molar-refractivity contribution in [1.29, 1.82) is 0 Å². The number of para-hydroxylation sites is 2. The first-order valence-corrected chi connectivity index (χ1v) is 7.92. The maximum absolute atomic E-state index is 12.3. The molecule has 0 aliphatic heterocycles. The number of anilines is 2. The number of nitrogens with two attached hydrogens (primary N) is 1. The van der Waals surface area contributed by atoms with Crippen molar-refractivity contribution in [1.82, 2.24) is 0 Å². The normalized spacial score (nSPS) is 11.1. The Morgan fingerprint density at radius 2 is 1.90 bits per heavy atom. The summed E-state index contributed by atoms with van der Waals surface area (Å²) in [6.45, 7) is 0. The molecule has 3 N–H and O–H groups in total. The zero-order valence-corrected chi connectivity index (χ0v) is 13.0. The highest BCUT2D eigenvalue weighted by Crippen LogP contribution is 2.28. The minimum atomic E-state index is -3.70. The van der Waals surface area contributed by atoms with Crippen LogP contribution in [0.5, 0.6) is 5.75 Å². The third-order valence-electron chi connectivity index (χ3n) is 2.63. The van der Waals surface area contributed by atoms with E-state index in [0.29, 0.717) is 21.6 Å². The number of halogens is 1. The Morgan fingerprint density at radius 3 is 2.55 bits per heavy atom. The predicted molar refractivity (Wildman–Crippen MR) is 82.4 cm³/mol. The molecule has 0 atom stereocenters. The van der Waals surface area contributed by atoms with Gasteiger partial charge in [-0.15, -0.1) is 0 Å². The van der Waals surface area contributed by atoms with Gasteiger partial charge in [-0.05, 0) is 46.3 Å². The number of nitrogens with one attached hydrogen (secondary N) is 1. The van der Waals surface area contributed by atoms with Gasteiger partial charge in [0, 0.05) is 10.2 Å². The maximum atomic E-state index is 12.3. The number of hydrogen-bond donors (Lipinski definition) is 2. The van der Waals surface area contributed by atoms with E-state index >= 15 is 0 Å². The summed E-state index contributed by atoms with van der Waals surface area (Å²) in [4.78, 5) is 0.115. The fourth-order valence-corrected chi connectivity index (χ4v) is 3.23. The molecule has 0 aliphatic rings. The van der Waals surface area contributed by atoms with Crippen LogP contribution in [0, 0.1) is 0 Å². The van der Waals surface area contributed by atoms with Crippen molar-refractivity contribution in [2.45, 2.75) is 4.90 Å². The lowest BCUT2D eigenvalue weighted by Crippen LogP contribution is -2.13. The Labute approximate surface area is 125 Å². The maximum Gasteiger partial charge on any atom is 0.262 e. The van der Waals surface area contributed by atoms with Crippen LogP contribution in [0.2, 0.25) is 0 Å². The summed E-state index contributed by atoms with van der Waals surface area (Å²) >= 11 is 3.21. The molecule has 5 nitrogen and oxygen atoms in total. The summed E-state index contributed by atoms with van der Waals surface area (Å²) < 4.78 is 32.7. The van der Waals surface area contributed by atoms with E-state index < -0.39 is 10.0 Å². The second kappa shape index (κ2) is 5.72. The van der Waals surface area contributed by atoms with E-state index in [1.165, 1.54) is 25.3 Å². The molecule has 0 heterocycles. The van der Waals surface area contributed by atoms with Crippen molar-refractivity contribution in [2.24, 2.45) is 0 Å². The Kier molecular flexibility index (Phi) is 4.20. The molecule has 0 aromatic heterocycles. The largest absolute Gasteiger partial charge is 0.495 e. The molecule has 0 radical (unpaired) electrons. The molecule has 20 heavy (non-hydrogen) atoms. The number of ether oxygens (including phenoxy) is 1. The molecular formula is C13H13BrN2O3S. The molecule has 0 spiro atoms. The Hall–Kier alpha value is -1.73. The van der Waals surface area contributed by atoms with Crippen molar-refractivity contribution >= 4 is 37.3 Å². The molecule has 0 amide bonds. The standard InChI is InChI=1S/C13H13BrN2O3S/c1-19-13-5-3-2-4-12(13)16-20(17,18)9-6-7-11(15)10(14)8-9/h2-8,16H,15H2,1H3. The van der Waals surface area contributed by atoms with Crippen molar-refractivity contribution in [2.75, 3.05) is 17.6 Å². The van der Waals surface area contributed by atoms with Gasteiger partial charge < -0.3 is 10.5 Å². The van der Waals surface area contributed by atoms with E-state index in [-0.39, 0.29) is 4.90 Å². The monoisotopic (exact) mass is 356 g/mol. The molecule has 2 aromatic rings. The summed E-state index contributed by atoms with van der Waals surface area (Å²) in [5.74, 6) is 0.450. The molecule has 0 bridgehead atoms. The van der Waals surface area contributed by atoms with Gasteiger partial charge in [-0.25, -0.2) is 8.42 Å². The molecule has 2 rings (SSSR count). The van der Waals surface area contributed by atoms with Crippen LogP contribution >= 0.6 is 15.9 Å². The third-order valence-corrected chi connectivity index (χ3v) is 4.68. The zero-order valence-electron chi connectivity index (χ0n) is 10.6. The molecule has 106 valence electrons. The number of sulfonamides is 1. The van der Waals surface area contributed by atoms with Crippen molar-refractivity contribution in [3.8, 4) is 5.75 Å². The van der Waals surface area contributed by atoms with E-state index in [2.05, 4.69) is 20.7 Å². The number of hydrogen-bond acceptors (Lipinski definition) is 4. The minimum Gasteiger partial charge on any atom is -0.495 e. The lowest BCUT2D eigenvalue weighted by atomic mass is 10.3. The average Bonchev–Trinajstić information content (AvgIpc) is 2.42. The van der Waals surface area contributed by atoms with Crippen LogP contribution in [0.4, 0.5) is 11.4 Å². The van der Waals surface area contributed by atoms with Crippen molar-refractivity contribution in [3.05, 3.63) is 46.9 Å². The molecule has 0 aliphatic carbocycles. The van der Waals surface area contributed by atoms with Gasteiger partial charge >= 0.3 is 0 Å². The Balaban J connectivity index is 2.38. The molecule has 0 fully saturated rings. The second-order valence-corrected chi connectivity index (χ2v) is 6.53. The molecule has 0 saturated heterocycles. The quantitative estimate of drug-likeness (QED) is 0.825. The number of nitrogen functional groups attached to an aromatic ring is 1. The third kappa shape index (κ3) is 3.05. The van der Waals surface area contributed by atoms with E-state index in [4.69, 9.17) is 10.5 Å². The van der Waals surface area contributed by atoms with Gasteiger partial charge in [0.15, 0.2) is 0 Å². The summed E-state index contributed by atoms with van der Waals surface area (Å²) in [5.41, 5.74) is 6.50. The van der Waals surface area contributed by atoms with Gasteiger partial charge in [-0.3, -0.25) is 4.72 Å². The minimum absolute atomic E-state index is 0.115. The van der Waals surface area contributed by atoms with E-state index in [1.807, 2.05) is 0 Å². The number of benzene rings is 2. The topological polar surface area (TPSA) is 81.4 Å². The van der Waals surface area contributed by atoms with E-state index in [0.717, 1.165) is 0 Å². The van der Waals surface area contributed by atoms with Gasteiger partial charge in [-0.2, -0.15) is 0 Å². The van der Waals surface area contributed by atoms with Crippen LogP contribution in [0.25, 0.3) is 0 Å². The molecule has 0 unspecified atom stereocenters. The van der Waals surface area contributed by atoms with Crippen LogP contribution in [-0.2, 0) is 10.0 Å². The summed E-state index contributed by atoms with van der Waals surface area (Å²) in [6, 6.07) is 11.2. The highest BCUT2D eigenvalue weighted by molar-refractivity contribution is 9.10. The van der Waals surface area contributed by atoms with Gasteiger partial charge in [0.2, 0.25) is 0 Å². The van der Waals surface area contributed by atoms with Crippen LogP contribution in [0.3, 0.4) is 0 Å². The van der Waals surface area contributed by atoms with Crippen molar-refractivity contribution < 1.29 is 13.2 Å². The first-order chi connectivity index (χ1) is 9.44. The summed E-state index contributed by atoms with van der Waals surface area (Å²) in [5, 5.41) is 0. The highest BCUT2D eigenvalue weighted by atomic mass is 79.9. The highest BCUT2D eigenvalue weighted by Gasteiger charge is 2.17. The fraction of sp³-hybridized carbons (Fsp3) is 0.0769. The van der Waals surface area contributed by atoms with E-state index in [9.17, 15) is 8.42 Å². The average molecular weight is 357 g/mol. The molecule has 7 heteroatoms. The lowest BCUT2D eigenvalue weighted by Gasteiger charge is -2.12. The first kappa shape index (κ1) is 14.7. The Morgan fingerprint density at radius 1 is 1.20 bits per heavy atom. The number of rotatable bonds is 4. The van der Waals surface area contributed by atoms with Crippen LogP contribution in [0.1, 0.15) is 0 Å². The summed E-state index contributed by atoms with van der Waals surface area (Å²) in [7, 11) is -2.22. The second-order valence-electron chi connectivity index (χ2n) is 3.99. The van der Waals surface area contributed by atoms with Crippen LogP contribution in [0.15, 0.2) is 51.8 Å².